The number of hydrogen-bond donors (Lipinski definition) is 2. The number of amides is 2. The molecule has 0 aliphatic heterocycles. The predicted molar refractivity (Wildman–Crippen MR) is 77.9 cm³/mol. The van der Waals surface area contributed by atoms with Crippen LogP contribution in [0.2, 0.25) is 0 Å². The molecular weight excluding hydrogens is 271 g/mol. The van der Waals surface area contributed by atoms with E-state index in [-0.39, 0.29) is 30.1 Å². The third-order valence-corrected chi connectivity index (χ3v) is 3.69. The first-order valence-electron chi connectivity index (χ1n) is 7.44. The summed E-state index contributed by atoms with van der Waals surface area (Å²) in [6.07, 6.45) is 5.36. The lowest BCUT2D eigenvalue weighted by Crippen LogP contribution is -2.39. The summed E-state index contributed by atoms with van der Waals surface area (Å²) in [6.45, 7) is 0.301. The normalized spacial score (nSPS) is 15.5. The lowest BCUT2D eigenvalue weighted by atomic mass is 9.95. The van der Waals surface area contributed by atoms with Crippen LogP contribution in [0.15, 0.2) is 24.3 Å². The molecule has 0 spiro atoms. The van der Waals surface area contributed by atoms with Gasteiger partial charge in [-0.05, 0) is 30.5 Å². The van der Waals surface area contributed by atoms with Gasteiger partial charge in [-0.3, -0.25) is 9.59 Å². The summed E-state index contributed by atoms with van der Waals surface area (Å²) in [5.74, 6) is -0.844. The minimum Gasteiger partial charge on any atom is -0.353 e. The van der Waals surface area contributed by atoms with Gasteiger partial charge in [0.05, 0.1) is 0 Å². The molecule has 0 aromatic heterocycles. The summed E-state index contributed by atoms with van der Waals surface area (Å²) in [5, 5.41) is 5.57. The van der Waals surface area contributed by atoms with Gasteiger partial charge in [-0.25, -0.2) is 4.39 Å². The number of halogens is 1. The van der Waals surface area contributed by atoms with Crippen molar-refractivity contribution in [3.05, 3.63) is 35.6 Å². The number of rotatable bonds is 5. The summed E-state index contributed by atoms with van der Waals surface area (Å²) >= 11 is 0. The topological polar surface area (TPSA) is 58.2 Å². The van der Waals surface area contributed by atoms with Crippen LogP contribution in [0.4, 0.5) is 4.39 Å². The van der Waals surface area contributed by atoms with Crippen LogP contribution in [0.3, 0.4) is 0 Å². The van der Waals surface area contributed by atoms with Gasteiger partial charge in [0.25, 0.3) is 0 Å². The van der Waals surface area contributed by atoms with Crippen molar-refractivity contribution in [2.75, 3.05) is 0 Å². The van der Waals surface area contributed by atoms with Gasteiger partial charge in [0.1, 0.15) is 12.2 Å². The molecule has 0 heterocycles. The third-order valence-electron chi connectivity index (χ3n) is 3.69. The van der Waals surface area contributed by atoms with Crippen LogP contribution in [0, 0.1) is 5.82 Å². The van der Waals surface area contributed by atoms with Gasteiger partial charge >= 0.3 is 0 Å². The van der Waals surface area contributed by atoms with E-state index in [1.165, 1.54) is 18.6 Å². The van der Waals surface area contributed by atoms with Crippen LogP contribution in [0.25, 0.3) is 0 Å². The minimum absolute atomic E-state index is 0.155. The van der Waals surface area contributed by atoms with Crippen LogP contribution in [-0.4, -0.2) is 17.9 Å². The zero-order valence-corrected chi connectivity index (χ0v) is 12.0. The molecule has 0 unspecified atom stereocenters. The van der Waals surface area contributed by atoms with Crippen molar-refractivity contribution in [1.29, 1.82) is 0 Å². The summed E-state index contributed by atoms with van der Waals surface area (Å²) in [4.78, 5) is 23.4. The lowest BCUT2D eigenvalue weighted by molar-refractivity contribution is -0.129. The van der Waals surface area contributed by atoms with Gasteiger partial charge in [-0.1, -0.05) is 31.4 Å². The lowest BCUT2D eigenvalue weighted by Gasteiger charge is -2.22. The van der Waals surface area contributed by atoms with Gasteiger partial charge in [-0.2, -0.15) is 0 Å². The van der Waals surface area contributed by atoms with Gasteiger partial charge in [0.15, 0.2) is 0 Å². The van der Waals surface area contributed by atoms with E-state index in [2.05, 4.69) is 10.6 Å². The molecule has 1 aromatic rings. The maximum absolute atomic E-state index is 12.7. The van der Waals surface area contributed by atoms with E-state index in [4.69, 9.17) is 0 Å². The smallest absolute Gasteiger partial charge is 0.229 e. The molecule has 1 fully saturated rings. The number of hydrogen-bond acceptors (Lipinski definition) is 2. The van der Waals surface area contributed by atoms with Gasteiger partial charge < -0.3 is 10.6 Å². The molecule has 21 heavy (non-hydrogen) atoms. The largest absolute Gasteiger partial charge is 0.353 e. The Bertz CT molecular complexity index is 482. The Morgan fingerprint density at radius 3 is 2.38 bits per heavy atom. The van der Waals surface area contributed by atoms with E-state index in [9.17, 15) is 14.0 Å². The maximum Gasteiger partial charge on any atom is 0.229 e. The molecule has 1 aliphatic rings. The molecule has 114 valence electrons. The summed E-state index contributed by atoms with van der Waals surface area (Å²) in [6, 6.07) is 6.13. The van der Waals surface area contributed by atoms with Crippen LogP contribution < -0.4 is 10.6 Å². The fraction of sp³-hybridized carbons (Fsp3) is 0.500. The van der Waals surface area contributed by atoms with E-state index in [0.717, 1.165) is 31.2 Å². The van der Waals surface area contributed by atoms with Crippen molar-refractivity contribution in [3.63, 3.8) is 0 Å². The standard InChI is InChI=1S/C16H21FN2O2/c17-13-8-6-12(7-9-13)11-18-15(20)10-16(21)19-14-4-2-1-3-5-14/h6-9,14H,1-5,10-11H2,(H,18,20)(H,19,21). The monoisotopic (exact) mass is 292 g/mol. The zero-order valence-electron chi connectivity index (χ0n) is 12.0. The second-order valence-corrected chi connectivity index (χ2v) is 5.48. The average Bonchev–Trinajstić information content (AvgIpc) is 2.47. The Balaban J connectivity index is 1.68. The summed E-state index contributed by atoms with van der Waals surface area (Å²) < 4.78 is 12.7. The second kappa shape index (κ2) is 7.76. The number of nitrogens with one attached hydrogen (secondary N) is 2. The van der Waals surface area contributed by atoms with Crippen molar-refractivity contribution in [1.82, 2.24) is 10.6 Å². The Morgan fingerprint density at radius 2 is 1.71 bits per heavy atom. The van der Waals surface area contributed by atoms with Crippen molar-refractivity contribution < 1.29 is 14.0 Å². The second-order valence-electron chi connectivity index (χ2n) is 5.48. The fourth-order valence-corrected chi connectivity index (χ4v) is 2.54. The Labute approximate surface area is 124 Å². The van der Waals surface area contributed by atoms with Gasteiger partial charge in [0.2, 0.25) is 11.8 Å². The molecule has 0 bridgehead atoms. The van der Waals surface area contributed by atoms with Crippen molar-refractivity contribution in [3.8, 4) is 0 Å². The van der Waals surface area contributed by atoms with Crippen molar-refractivity contribution >= 4 is 11.8 Å². The molecule has 1 aliphatic carbocycles. The van der Waals surface area contributed by atoms with Crippen LogP contribution in [0.5, 0.6) is 0 Å². The first kappa shape index (κ1) is 15.5. The van der Waals surface area contributed by atoms with Gasteiger partial charge in [-0.15, -0.1) is 0 Å². The van der Waals surface area contributed by atoms with E-state index in [0.29, 0.717) is 6.54 Å². The summed E-state index contributed by atoms with van der Waals surface area (Å²) in [7, 11) is 0. The molecular formula is C16H21FN2O2. The zero-order chi connectivity index (χ0) is 15.1. The maximum atomic E-state index is 12.7. The minimum atomic E-state index is -0.312. The highest BCUT2D eigenvalue weighted by molar-refractivity contribution is 5.96. The van der Waals surface area contributed by atoms with Crippen LogP contribution in [0.1, 0.15) is 44.1 Å². The number of benzene rings is 1. The quantitative estimate of drug-likeness (QED) is 0.818. The first-order valence-corrected chi connectivity index (χ1v) is 7.44. The van der Waals surface area contributed by atoms with Crippen molar-refractivity contribution in [2.24, 2.45) is 0 Å². The SMILES string of the molecule is O=C(CC(=O)NC1CCCCC1)NCc1ccc(F)cc1. The number of carbonyl (C=O) groups excluding carboxylic acids is 2. The molecule has 4 nitrogen and oxygen atoms in total. The van der Waals surface area contributed by atoms with Crippen LogP contribution >= 0.6 is 0 Å². The first-order chi connectivity index (χ1) is 10.1. The molecule has 1 aromatic carbocycles. The molecule has 0 saturated heterocycles. The molecule has 1 saturated carbocycles. The Hall–Kier alpha value is -1.91. The molecule has 0 radical (unpaired) electrons. The predicted octanol–water partition coefficient (Wildman–Crippen LogP) is 2.28. The van der Waals surface area contributed by atoms with E-state index in [1.807, 2.05) is 0 Å². The third kappa shape index (κ3) is 5.53. The van der Waals surface area contributed by atoms with E-state index < -0.39 is 0 Å². The average molecular weight is 292 g/mol. The molecule has 2 amide bonds. The Morgan fingerprint density at radius 1 is 1.05 bits per heavy atom. The highest BCUT2D eigenvalue weighted by atomic mass is 19.1. The van der Waals surface area contributed by atoms with Crippen molar-refractivity contribution in [2.45, 2.75) is 51.1 Å². The molecule has 2 rings (SSSR count). The van der Waals surface area contributed by atoms with E-state index >= 15 is 0 Å². The number of carbonyl (C=O) groups is 2. The van der Waals surface area contributed by atoms with Crippen LogP contribution in [-0.2, 0) is 16.1 Å². The molecule has 2 N–H and O–H groups in total. The molecule has 0 atom stereocenters. The van der Waals surface area contributed by atoms with E-state index in [1.54, 1.807) is 12.1 Å². The molecule has 5 heteroatoms. The summed E-state index contributed by atoms with van der Waals surface area (Å²) in [5.41, 5.74) is 0.803. The Kier molecular flexibility index (Phi) is 5.72. The highest BCUT2D eigenvalue weighted by Crippen LogP contribution is 2.17. The highest BCUT2D eigenvalue weighted by Gasteiger charge is 2.17. The fourth-order valence-electron chi connectivity index (χ4n) is 2.54. The van der Waals surface area contributed by atoms with Gasteiger partial charge in [0, 0.05) is 12.6 Å².